The van der Waals surface area contributed by atoms with Crippen LogP contribution in [0.2, 0.25) is 0 Å². The number of aromatic nitrogens is 1. The quantitative estimate of drug-likeness (QED) is 0.284. The topological polar surface area (TPSA) is 98.7 Å². The Balaban J connectivity index is 0.00000341. The first-order chi connectivity index (χ1) is 14.7. The molecule has 3 rings (SSSR count). The number of amides is 2. The van der Waals surface area contributed by atoms with Gasteiger partial charge in [0.15, 0.2) is 5.96 Å². The van der Waals surface area contributed by atoms with Crippen molar-refractivity contribution >= 4 is 41.8 Å². The van der Waals surface area contributed by atoms with Gasteiger partial charge < -0.3 is 20.9 Å². The predicted molar refractivity (Wildman–Crippen MR) is 132 cm³/mol. The first kappa shape index (κ1) is 24.6. The predicted octanol–water partition coefficient (Wildman–Crippen LogP) is 1.57. The number of benzene rings is 1. The minimum Gasteiger partial charge on any atom is -0.357 e. The maximum atomic E-state index is 12.5. The van der Waals surface area contributed by atoms with Crippen molar-refractivity contribution in [1.29, 1.82) is 0 Å². The SMILES string of the molecule is CCNC(=NCc1ccc(C(=O)N2CCNC(=O)C2)cc1)NCCc1ccccn1.I. The van der Waals surface area contributed by atoms with Crippen molar-refractivity contribution in [2.24, 2.45) is 4.99 Å². The molecule has 0 bridgehead atoms. The van der Waals surface area contributed by atoms with Gasteiger partial charge in [0.2, 0.25) is 5.91 Å². The molecule has 1 aromatic heterocycles. The zero-order chi connectivity index (χ0) is 21.2. The van der Waals surface area contributed by atoms with Crippen LogP contribution in [-0.2, 0) is 17.8 Å². The molecule has 1 saturated heterocycles. The van der Waals surface area contributed by atoms with E-state index < -0.39 is 0 Å². The molecule has 8 nitrogen and oxygen atoms in total. The Morgan fingerprint density at radius 3 is 2.68 bits per heavy atom. The highest BCUT2D eigenvalue weighted by atomic mass is 127. The Morgan fingerprint density at radius 2 is 2.00 bits per heavy atom. The number of rotatable bonds is 7. The number of guanidine groups is 1. The van der Waals surface area contributed by atoms with E-state index in [1.54, 1.807) is 23.2 Å². The average molecular weight is 536 g/mol. The van der Waals surface area contributed by atoms with Crippen LogP contribution in [0.1, 0.15) is 28.5 Å². The average Bonchev–Trinajstić information content (AvgIpc) is 2.78. The van der Waals surface area contributed by atoms with Crippen molar-refractivity contribution in [2.75, 3.05) is 32.7 Å². The number of pyridine rings is 1. The van der Waals surface area contributed by atoms with Crippen molar-refractivity contribution in [3.05, 3.63) is 65.5 Å². The highest BCUT2D eigenvalue weighted by molar-refractivity contribution is 14.0. The van der Waals surface area contributed by atoms with Gasteiger partial charge in [-0.3, -0.25) is 14.6 Å². The Kier molecular flexibility index (Phi) is 10.2. The van der Waals surface area contributed by atoms with Crippen LogP contribution in [0, 0.1) is 0 Å². The van der Waals surface area contributed by atoms with Crippen LogP contribution >= 0.6 is 24.0 Å². The fraction of sp³-hybridized carbons (Fsp3) is 0.364. The molecule has 166 valence electrons. The molecule has 0 atom stereocenters. The molecule has 31 heavy (non-hydrogen) atoms. The van der Waals surface area contributed by atoms with Crippen LogP contribution in [-0.4, -0.2) is 60.4 Å². The maximum Gasteiger partial charge on any atom is 0.254 e. The molecule has 1 aromatic carbocycles. The molecule has 1 aliphatic heterocycles. The molecule has 0 aliphatic carbocycles. The van der Waals surface area contributed by atoms with Crippen LogP contribution < -0.4 is 16.0 Å². The maximum absolute atomic E-state index is 12.5. The van der Waals surface area contributed by atoms with Crippen molar-refractivity contribution in [2.45, 2.75) is 19.9 Å². The van der Waals surface area contributed by atoms with E-state index in [0.717, 1.165) is 36.7 Å². The van der Waals surface area contributed by atoms with Crippen molar-refractivity contribution in [3.63, 3.8) is 0 Å². The van der Waals surface area contributed by atoms with Gasteiger partial charge in [0, 0.05) is 50.1 Å². The van der Waals surface area contributed by atoms with Crippen LogP contribution in [0.5, 0.6) is 0 Å². The van der Waals surface area contributed by atoms with E-state index in [4.69, 9.17) is 0 Å². The van der Waals surface area contributed by atoms with Gasteiger partial charge in [-0.05, 0) is 36.8 Å². The fourth-order valence-corrected chi connectivity index (χ4v) is 3.11. The number of hydrogen-bond donors (Lipinski definition) is 3. The number of hydrogen-bond acceptors (Lipinski definition) is 4. The molecule has 9 heteroatoms. The van der Waals surface area contributed by atoms with Gasteiger partial charge in [0.1, 0.15) is 0 Å². The second kappa shape index (κ2) is 12.9. The van der Waals surface area contributed by atoms with E-state index in [1.165, 1.54) is 0 Å². The Bertz CT molecular complexity index is 873. The summed E-state index contributed by atoms with van der Waals surface area (Å²) in [5.74, 6) is 0.504. The molecule has 2 amide bonds. The normalized spacial score (nSPS) is 13.8. The number of halogens is 1. The lowest BCUT2D eigenvalue weighted by atomic mass is 10.1. The zero-order valence-electron chi connectivity index (χ0n) is 17.6. The molecule has 0 spiro atoms. The standard InChI is InChI=1S/C22H28N6O2.HI/c1-2-23-22(26-12-10-19-5-3-4-11-24-19)27-15-17-6-8-18(9-7-17)21(30)28-14-13-25-20(29)16-28;/h3-9,11H,2,10,12-16H2,1H3,(H,25,29)(H2,23,26,27);1H. The molecule has 0 saturated carbocycles. The lowest BCUT2D eigenvalue weighted by molar-refractivity contribution is -0.123. The highest BCUT2D eigenvalue weighted by Gasteiger charge is 2.22. The van der Waals surface area contributed by atoms with E-state index in [-0.39, 0.29) is 42.3 Å². The number of nitrogens with zero attached hydrogens (tertiary/aromatic N) is 3. The summed E-state index contributed by atoms with van der Waals surface area (Å²) in [5, 5.41) is 9.28. The van der Waals surface area contributed by atoms with Crippen LogP contribution in [0.3, 0.4) is 0 Å². The summed E-state index contributed by atoms with van der Waals surface area (Å²) in [7, 11) is 0. The molecule has 0 radical (unpaired) electrons. The molecule has 2 aromatic rings. The molecule has 1 aliphatic rings. The smallest absolute Gasteiger partial charge is 0.254 e. The van der Waals surface area contributed by atoms with Gasteiger partial charge >= 0.3 is 0 Å². The number of carbonyl (C=O) groups excluding carboxylic acids is 2. The minimum absolute atomic E-state index is 0. The summed E-state index contributed by atoms with van der Waals surface area (Å²) >= 11 is 0. The summed E-state index contributed by atoms with van der Waals surface area (Å²) in [5.41, 5.74) is 2.62. The van der Waals surface area contributed by atoms with Gasteiger partial charge in [-0.25, -0.2) is 4.99 Å². The third kappa shape index (κ3) is 7.82. The second-order valence-electron chi connectivity index (χ2n) is 6.97. The zero-order valence-corrected chi connectivity index (χ0v) is 20.0. The largest absolute Gasteiger partial charge is 0.357 e. The lowest BCUT2D eigenvalue weighted by Crippen LogP contribution is -2.49. The van der Waals surface area contributed by atoms with Gasteiger partial charge in [-0.15, -0.1) is 24.0 Å². The van der Waals surface area contributed by atoms with Crippen molar-refractivity contribution in [3.8, 4) is 0 Å². The van der Waals surface area contributed by atoms with Crippen LogP contribution in [0.25, 0.3) is 0 Å². The molecule has 3 N–H and O–H groups in total. The number of carbonyl (C=O) groups is 2. The van der Waals surface area contributed by atoms with E-state index >= 15 is 0 Å². The van der Waals surface area contributed by atoms with E-state index in [0.29, 0.717) is 25.2 Å². The van der Waals surface area contributed by atoms with Gasteiger partial charge in [0.05, 0.1) is 13.1 Å². The summed E-state index contributed by atoms with van der Waals surface area (Å²) in [6, 6.07) is 13.3. The van der Waals surface area contributed by atoms with E-state index in [9.17, 15) is 9.59 Å². The van der Waals surface area contributed by atoms with E-state index in [2.05, 4.69) is 25.9 Å². The third-order valence-electron chi connectivity index (χ3n) is 4.69. The lowest BCUT2D eigenvalue weighted by Gasteiger charge is -2.26. The summed E-state index contributed by atoms with van der Waals surface area (Å²) < 4.78 is 0. The van der Waals surface area contributed by atoms with Crippen LogP contribution in [0.4, 0.5) is 0 Å². The molecule has 0 unspecified atom stereocenters. The first-order valence-electron chi connectivity index (χ1n) is 10.2. The van der Waals surface area contributed by atoms with Gasteiger partial charge in [-0.2, -0.15) is 0 Å². The van der Waals surface area contributed by atoms with Gasteiger partial charge in [-0.1, -0.05) is 18.2 Å². The second-order valence-corrected chi connectivity index (χ2v) is 6.97. The monoisotopic (exact) mass is 536 g/mol. The Morgan fingerprint density at radius 1 is 1.19 bits per heavy atom. The Labute approximate surface area is 199 Å². The van der Waals surface area contributed by atoms with E-state index in [1.807, 2.05) is 37.3 Å². The minimum atomic E-state index is -0.121. The van der Waals surface area contributed by atoms with Crippen LogP contribution in [0.15, 0.2) is 53.7 Å². The Hall–Kier alpha value is -2.69. The molecular formula is C22H29IN6O2. The number of aliphatic imine (C=N–C) groups is 1. The van der Waals surface area contributed by atoms with Crippen molar-refractivity contribution < 1.29 is 9.59 Å². The third-order valence-corrected chi connectivity index (χ3v) is 4.69. The molecule has 1 fully saturated rings. The highest BCUT2D eigenvalue weighted by Crippen LogP contribution is 2.10. The summed E-state index contributed by atoms with van der Waals surface area (Å²) in [6.45, 7) is 5.18. The molecule has 2 heterocycles. The number of piperazine rings is 1. The number of nitrogens with one attached hydrogen (secondary N) is 3. The fourth-order valence-electron chi connectivity index (χ4n) is 3.11. The summed E-state index contributed by atoms with van der Waals surface area (Å²) in [4.78, 5) is 34.5. The summed E-state index contributed by atoms with van der Waals surface area (Å²) in [6.07, 6.45) is 2.61. The van der Waals surface area contributed by atoms with Gasteiger partial charge in [0.25, 0.3) is 5.91 Å². The first-order valence-corrected chi connectivity index (χ1v) is 10.2. The molecular weight excluding hydrogens is 507 g/mol. The van der Waals surface area contributed by atoms with Crippen molar-refractivity contribution in [1.82, 2.24) is 25.8 Å².